The van der Waals surface area contributed by atoms with Crippen molar-refractivity contribution in [1.82, 2.24) is 0 Å². The Balaban J connectivity index is 0.000000176. The van der Waals surface area contributed by atoms with Crippen molar-refractivity contribution in [2.24, 2.45) is 0 Å². The third kappa shape index (κ3) is 24.1. The molecule has 0 spiro atoms. The van der Waals surface area contributed by atoms with E-state index in [9.17, 15) is 17.3 Å². The van der Waals surface area contributed by atoms with Gasteiger partial charge < -0.3 is 22.0 Å². The number of hydrogen-bond acceptors (Lipinski definition) is 1. The first-order valence-electron chi connectivity index (χ1n) is 28.9. The summed E-state index contributed by atoms with van der Waals surface area (Å²) in [4.78, 5) is 0. The summed E-state index contributed by atoms with van der Waals surface area (Å²) in [6.07, 6.45) is 2.56. The van der Waals surface area contributed by atoms with Gasteiger partial charge in [-0.1, -0.05) is 218 Å². The number of ether oxygens (including phenoxy) is 1. The van der Waals surface area contributed by atoms with Crippen LogP contribution in [0.3, 0.4) is 0 Å². The Morgan fingerprint density at radius 3 is 0.364 bits per heavy atom. The summed E-state index contributed by atoms with van der Waals surface area (Å²) in [5.41, 5.74) is 0. The van der Waals surface area contributed by atoms with E-state index < -0.39 is 38.9 Å². The molecule has 12 heteroatoms. The Kier molecular flexibility index (Phi) is 32.3. The van der Waals surface area contributed by atoms with Crippen molar-refractivity contribution in [2.45, 2.75) is 12.8 Å². The van der Waals surface area contributed by atoms with E-state index >= 15 is 0 Å². The van der Waals surface area contributed by atoms with Crippen molar-refractivity contribution >= 4 is 103 Å². The average molecular weight is 1600 g/mol. The Morgan fingerprint density at radius 1 is 0.205 bits per heavy atom. The van der Waals surface area contributed by atoms with Gasteiger partial charge in [-0.15, -0.1) is 0 Å². The minimum atomic E-state index is -6.00. The molecule has 0 atom stereocenters. The van der Waals surface area contributed by atoms with Gasteiger partial charge in [0.05, 0.1) is 31.7 Å². The second kappa shape index (κ2) is 40.2. The molecule has 1 nitrogen and oxygen atoms in total. The van der Waals surface area contributed by atoms with Gasteiger partial charge in [0, 0.05) is 34.3 Å². The molecule has 88 heavy (non-hydrogen) atoms. The normalized spacial score (nSPS) is 11.2. The van der Waals surface area contributed by atoms with E-state index in [2.05, 4.69) is 364 Å². The SMILES string of the molecule is C1CCOC1.F[B-](F)(F)F.[Au+].[Pt].c1ccc([PH+](c2ccccc2)c2ccccc2)cc1.c1ccc([PH+](c2ccccc2)c2ccccc2)cc1.c1ccc([PH+](c2ccccc2)c2ccccc2)cc1.c1ccc([PH+](c2ccccc2)c2ccccc2)cc1. The van der Waals surface area contributed by atoms with Crippen LogP contribution in [-0.2, 0) is 48.2 Å². The van der Waals surface area contributed by atoms with E-state index in [1.165, 1.54) is 76.5 Å². The van der Waals surface area contributed by atoms with Crippen LogP contribution in [0.25, 0.3) is 0 Å². The van der Waals surface area contributed by atoms with Crippen molar-refractivity contribution in [3.63, 3.8) is 0 Å². The minimum absolute atomic E-state index is 0. The number of halogens is 4. The fourth-order valence-electron chi connectivity index (χ4n) is 9.77. The van der Waals surface area contributed by atoms with Crippen molar-refractivity contribution < 1.29 is 65.4 Å². The second-order valence-electron chi connectivity index (χ2n) is 19.7. The summed E-state index contributed by atoms with van der Waals surface area (Å²) in [5.74, 6) is 0. The topological polar surface area (TPSA) is 9.23 Å². The summed E-state index contributed by atoms with van der Waals surface area (Å²) < 4.78 is 43.9. The fraction of sp³-hybridized carbons (Fsp3) is 0.0526. The van der Waals surface area contributed by atoms with Crippen LogP contribution in [-0.4, -0.2) is 20.5 Å². The van der Waals surface area contributed by atoms with Crippen LogP contribution in [0.5, 0.6) is 0 Å². The molecule has 1 heterocycles. The maximum atomic E-state index is 9.75. The first-order chi connectivity index (χ1) is 42.3. The average Bonchev–Trinajstić information content (AvgIpc) is 4.11. The Morgan fingerprint density at radius 2 is 0.295 bits per heavy atom. The van der Waals surface area contributed by atoms with E-state index in [1.54, 1.807) is 0 Å². The van der Waals surface area contributed by atoms with Gasteiger partial charge >= 0.3 is 29.6 Å². The molecule has 450 valence electrons. The zero-order valence-corrected chi connectivity index (χ0v) is 57.0. The maximum absolute atomic E-state index is 9.75. The molecule has 1 aliphatic rings. The van der Waals surface area contributed by atoms with Crippen LogP contribution in [0.15, 0.2) is 364 Å². The van der Waals surface area contributed by atoms with Gasteiger partial charge in [-0.05, 0) is 158 Å². The predicted molar refractivity (Wildman–Crippen MR) is 376 cm³/mol. The third-order valence-electron chi connectivity index (χ3n) is 13.6. The summed E-state index contributed by atoms with van der Waals surface area (Å²) in [6.45, 7) is 2.00. The summed E-state index contributed by atoms with van der Waals surface area (Å²) in [5, 5.41) is 17.2. The smallest absolute Gasteiger partial charge is 0.418 e. The van der Waals surface area contributed by atoms with Crippen LogP contribution in [0, 0.1) is 0 Å². The zero-order chi connectivity index (χ0) is 59.7. The minimum Gasteiger partial charge on any atom is -0.418 e. The molecular weight excluding hydrogens is 1530 g/mol. The number of hydrogen-bond donors (Lipinski definition) is 0. The van der Waals surface area contributed by atoms with Gasteiger partial charge in [-0.25, -0.2) is 0 Å². The Labute approximate surface area is 553 Å². The molecule has 12 aromatic carbocycles. The molecular formula is C76H72AuBF4OP4Pt+4. The van der Waals surface area contributed by atoms with Gasteiger partial charge in [0.2, 0.25) is 0 Å². The van der Waals surface area contributed by atoms with E-state index in [-0.39, 0.29) is 43.4 Å². The number of rotatable bonds is 12. The van der Waals surface area contributed by atoms with Crippen LogP contribution < -0.4 is 63.7 Å². The molecule has 0 unspecified atom stereocenters. The van der Waals surface area contributed by atoms with Crippen molar-refractivity contribution in [3.05, 3.63) is 364 Å². The van der Waals surface area contributed by atoms with E-state index in [1.807, 2.05) is 0 Å². The molecule has 0 bridgehead atoms. The summed E-state index contributed by atoms with van der Waals surface area (Å²) in [7, 11) is -9.51. The molecule has 0 radical (unpaired) electrons. The third-order valence-corrected chi connectivity index (χ3v) is 24.5. The first-order valence-corrected chi connectivity index (χ1v) is 34.9. The Bertz CT molecular complexity index is 2800. The fourth-order valence-corrected chi connectivity index (χ4v) is 20.1. The van der Waals surface area contributed by atoms with Crippen LogP contribution in [0.4, 0.5) is 17.3 Å². The standard InChI is InChI=1S/4C18H15P.C4H8O.Au.BF4.Pt/c4*1-4-10-16(11-5-1)19(17-12-6-2-7-13-17)18-14-8-3-9-15-18;1-2-4-5-3-1;;2-1(3,4)5;/h4*1-15H;1-4H2;;;/q;;;;;+1;-1;/p+4. The second-order valence-corrected chi connectivity index (χ2v) is 29.6. The van der Waals surface area contributed by atoms with Gasteiger partial charge in [0.15, 0.2) is 0 Å². The molecule has 1 fully saturated rings. The molecule has 0 aromatic heterocycles. The van der Waals surface area contributed by atoms with E-state index in [0.29, 0.717) is 0 Å². The predicted octanol–water partition coefficient (Wildman–Crippen LogP) is 14.8. The molecule has 0 saturated carbocycles. The van der Waals surface area contributed by atoms with Crippen LogP contribution >= 0.6 is 31.7 Å². The van der Waals surface area contributed by atoms with Gasteiger partial charge in [-0.2, -0.15) is 0 Å². The summed E-state index contributed by atoms with van der Waals surface area (Å²) >= 11 is 0. The molecule has 12 aromatic rings. The molecule has 1 aliphatic heterocycles. The van der Waals surface area contributed by atoms with Gasteiger partial charge in [-0.3, -0.25) is 0 Å². The van der Waals surface area contributed by atoms with Crippen LogP contribution in [0.2, 0.25) is 0 Å². The van der Waals surface area contributed by atoms with Crippen molar-refractivity contribution in [3.8, 4) is 0 Å². The summed E-state index contributed by atoms with van der Waals surface area (Å²) in [6, 6.07) is 130. The monoisotopic (exact) mass is 1600 g/mol. The zero-order valence-electron chi connectivity index (χ0n) is 48.6. The van der Waals surface area contributed by atoms with Crippen LogP contribution in [0.1, 0.15) is 12.8 Å². The van der Waals surface area contributed by atoms with Crippen molar-refractivity contribution in [1.29, 1.82) is 0 Å². The van der Waals surface area contributed by atoms with E-state index in [0.717, 1.165) is 13.2 Å². The number of benzene rings is 12. The maximum Gasteiger partial charge on any atom is 1.00 e. The van der Waals surface area contributed by atoms with Gasteiger partial charge in [0.25, 0.3) is 0 Å². The van der Waals surface area contributed by atoms with E-state index in [4.69, 9.17) is 4.74 Å². The van der Waals surface area contributed by atoms with Gasteiger partial charge in [0.1, 0.15) is 63.7 Å². The van der Waals surface area contributed by atoms with Crippen molar-refractivity contribution in [2.75, 3.05) is 13.2 Å². The molecule has 0 N–H and O–H groups in total. The molecule has 1 saturated heterocycles. The molecule has 0 amide bonds. The molecule has 13 rings (SSSR count). The largest absolute Gasteiger partial charge is 1.00 e. The molecule has 0 aliphatic carbocycles. The quantitative estimate of drug-likeness (QED) is 0.0673. The first kappa shape index (κ1) is 70.6. The Hall–Kier alpha value is -6.47.